The molecule has 6 heteroatoms. The molecule has 0 saturated carbocycles. The van der Waals surface area contributed by atoms with Gasteiger partial charge in [-0.05, 0) is 11.8 Å². The molecule has 0 amide bonds. The molecule has 0 aliphatic rings. The molecule has 0 aromatic heterocycles. The van der Waals surface area contributed by atoms with E-state index >= 15 is 0 Å². The highest BCUT2D eigenvalue weighted by Gasteiger charge is 2.32. The maximum absolute atomic E-state index is 11.8. The van der Waals surface area contributed by atoms with Crippen LogP contribution in [0.25, 0.3) is 0 Å². The third-order valence-corrected chi connectivity index (χ3v) is 4.55. The molecule has 2 atom stereocenters. The molecule has 3 N–H and O–H groups in total. The average Bonchev–Trinajstić information content (AvgIpc) is 2.14. The van der Waals surface area contributed by atoms with Gasteiger partial charge in [0.2, 0.25) is 0 Å². The molecule has 0 rings (SSSR count). The van der Waals surface area contributed by atoms with E-state index < -0.39 is 34.4 Å². The topological polar surface area (TPSA) is 94.8 Å². The Hall–Kier alpha value is -0.170. The molecule has 0 spiro atoms. The van der Waals surface area contributed by atoms with E-state index in [0.717, 1.165) is 0 Å². The van der Waals surface area contributed by atoms with Gasteiger partial charge in [-0.1, -0.05) is 20.8 Å². The van der Waals surface area contributed by atoms with Crippen LogP contribution in [0.15, 0.2) is 0 Å². The van der Waals surface area contributed by atoms with Crippen molar-refractivity contribution in [1.82, 2.24) is 0 Å². The molecule has 2 unspecified atom stereocenters. The van der Waals surface area contributed by atoms with Gasteiger partial charge in [0.1, 0.15) is 5.25 Å². The summed E-state index contributed by atoms with van der Waals surface area (Å²) >= 11 is 0. The summed E-state index contributed by atoms with van der Waals surface area (Å²) in [5.41, 5.74) is -0.128. The van der Waals surface area contributed by atoms with Crippen LogP contribution in [0.3, 0.4) is 0 Å². The third kappa shape index (κ3) is 5.25. The maximum Gasteiger partial charge on any atom is 0.158 e. The zero-order valence-corrected chi connectivity index (χ0v) is 10.9. The second-order valence-electron chi connectivity index (χ2n) is 5.15. The van der Waals surface area contributed by atoms with Crippen molar-refractivity contribution in [1.29, 1.82) is 0 Å². The minimum absolute atomic E-state index is 0.0984. The van der Waals surface area contributed by atoms with Crippen molar-refractivity contribution >= 4 is 9.84 Å². The van der Waals surface area contributed by atoms with Crippen LogP contribution in [-0.4, -0.2) is 54.1 Å². The summed E-state index contributed by atoms with van der Waals surface area (Å²) in [7, 11) is -3.58. The average molecular weight is 254 g/mol. The zero-order valence-electron chi connectivity index (χ0n) is 10.0. The molecular formula is C10H22O5S. The van der Waals surface area contributed by atoms with E-state index in [1.54, 1.807) is 0 Å². The molecule has 0 bridgehead atoms. The van der Waals surface area contributed by atoms with Crippen molar-refractivity contribution in [2.24, 2.45) is 5.41 Å². The van der Waals surface area contributed by atoms with Crippen LogP contribution in [0.4, 0.5) is 0 Å². The van der Waals surface area contributed by atoms with Crippen molar-refractivity contribution in [2.45, 2.75) is 38.5 Å². The number of aliphatic hydroxyl groups excluding tert-OH is 3. The number of hydrogen-bond acceptors (Lipinski definition) is 5. The SMILES string of the molecule is CC(C)(C)CCS(=O)(=O)C(CO)C(O)CO. The first-order valence-electron chi connectivity index (χ1n) is 5.25. The summed E-state index contributed by atoms with van der Waals surface area (Å²) in [4.78, 5) is 0. The minimum Gasteiger partial charge on any atom is -0.395 e. The Kier molecular flexibility index (Phi) is 5.89. The summed E-state index contributed by atoms with van der Waals surface area (Å²) in [5, 5.41) is 25.6. The smallest absolute Gasteiger partial charge is 0.158 e. The molecule has 0 aromatic carbocycles. The second-order valence-corrected chi connectivity index (χ2v) is 7.49. The van der Waals surface area contributed by atoms with Gasteiger partial charge in [0.25, 0.3) is 0 Å². The van der Waals surface area contributed by atoms with E-state index in [2.05, 4.69) is 0 Å². The van der Waals surface area contributed by atoms with E-state index in [9.17, 15) is 13.5 Å². The molecule has 0 heterocycles. The summed E-state index contributed by atoms with van der Waals surface area (Å²) in [6, 6.07) is 0. The lowest BCUT2D eigenvalue weighted by molar-refractivity contribution is 0.0749. The van der Waals surface area contributed by atoms with Crippen LogP contribution < -0.4 is 0 Å². The van der Waals surface area contributed by atoms with Gasteiger partial charge < -0.3 is 15.3 Å². The Bertz CT molecular complexity index is 291. The number of hydrogen-bond donors (Lipinski definition) is 3. The van der Waals surface area contributed by atoms with E-state index in [4.69, 9.17) is 10.2 Å². The zero-order chi connectivity index (χ0) is 13.0. The molecule has 0 aliphatic heterocycles. The fourth-order valence-corrected chi connectivity index (χ4v) is 3.18. The monoisotopic (exact) mass is 254 g/mol. The Labute approximate surface area is 97.0 Å². The van der Waals surface area contributed by atoms with E-state index in [0.29, 0.717) is 6.42 Å². The number of rotatable bonds is 6. The van der Waals surface area contributed by atoms with Crippen molar-refractivity contribution in [3.8, 4) is 0 Å². The van der Waals surface area contributed by atoms with Gasteiger partial charge >= 0.3 is 0 Å². The van der Waals surface area contributed by atoms with Crippen molar-refractivity contribution in [2.75, 3.05) is 19.0 Å². The van der Waals surface area contributed by atoms with Gasteiger partial charge in [-0.2, -0.15) is 0 Å². The van der Waals surface area contributed by atoms with Gasteiger partial charge in [0.05, 0.1) is 25.1 Å². The van der Waals surface area contributed by atoms with Crippen LogP contribution in [-0.2, 0) is 9.84 Å². The normalized spacial score (nSPS) is 17.1. The Morgan fingerprint density at radius 1 is 1.12 bits per heavy atom. The first-order valence-corrected chi connectivity index (χ1v) is 6.97. The molecule has 0 saturated heterocycles. The first kappa shape index (κ1) is 15.8. The highest BCUT2D eigenvalue weighted by atomic mass is 32.2. The summed E-state index contributed by atoms with van der Waals surface area (Å²) in [5.74, 6) is -0.0984. The Morgan fingerprint density at radius 3 is 1.94 bits per heavy atom. The van der Waals surface area contributed by atoms with Gasteiger partial charge in [0.15, 0.2) is 9.84 Å². The van der Waals surface area contributed by atoms with Crippen molar-refractivity contribution in [3.63, 3.8) is 0 Å². The van der Waals surface area contributed by atoms with Gasteiger partial charge in [-0.15, -0.1) is 0 Å². The second kappa shape index (κ2) is 5.95. The maximum atomic E-state index is 11.8. The van der Waals surface area contributed by atoms with Crippen molar-refractivity contribution < 1.29 is 23.7 Å². The predicted molar refractivity (Wildman–Crippen MR) is 61.8 cm³/mol. The molecule has 0 aromatic rings. The van der Waals surface area contributed by atoms with Crippen LogP contribution in [0.1, 0.15) is 27.2 Å². The third-order valence-electron chi connectivity index (χ3n) is 2.39. The lowest BCUT2D eigenvalue weighted by Gasteiger charge is -2.23. The highest BCUT2D eigenvalue weighted by Crippen LogP contribution is 2.21. The van der Waals surface area contributed by atoms with E-state index in [1.165, 1.54) is 0 Å². The van der Waals surface area contributed by atoms with Crippen LogP contribution in [0.2, 0.25) is 0 Å². The molecule has 0 fully saturated rings. The lowest BCUT2D eigenvalue weighted by atomic mass is 9.94. The standard InChI is InChI=1S/C10H22O5S/c1-10(2,3)4-5-16(14,15)9(7-12)8(13)6-11/h8-9,11-13H,4-7H2,1-3H3. The number of sulfone groups is 1. The van der Waals surface area contributed by atoms with E-state index in [1.807, 2.05) is 20.8 Å². The minimum atomic E-state index is -3.58. The largest absolute Gasteiger partial charge is 0.395 e. The fourth-order valence-electron chi connectivity index (χ4n) is 1.19. The molecule has 98 valence electrons. The Balaban J connectivity index is 4.63. The van der Waals surface area contributed by atoms with Gasteiger partial charge in [-0.25, -0.2) is 8.42 Å². The Morgan fingerprint density at radius 2 is 1.62 bits per heavy atom. The molecular weight excluding hydrogens is 232 g/mol. The molecule has 0 radical (unpaired) electrons. The van der Waals surface area contributed by atoms with Crippen molar-refractivity contribution in [3.05, 3.63) is 0 Å². The van der Waals surface area contributed by atoms with Gasteiger partial charge in [0, 0.05) is 0 Å². The van der Waals surface area contributed by atoms with Gasteiger partial charge in [-0.3, -0.25) is 0 Å². The lowest BCUT2D eigenvalue weighted by Crippen LogP contribution is -2.41. The van der Waals surface area contributed by atoms with Crippen LogP contribution >= 0.6 is 0 Å². The summed E-state index contributed by atoms with van der Waals surface area (Å²) in [6.07, 6.45) is -0.973. The number of aliphatic hydroxyl groups is 3. The highest BCUT2D eigenvalue weighted by molar-refractivity contribution is 7.92. The van der Waals surface area contributed by atoms with E-state index in [-0.39, 0.29) is 11.2 Å². The summed E-state index contributed by atoms with van der Waals surface area (Å²) < 4.78 is 23.6. The molecule has 16 heavy (non-hydrogen) atoms. The first-order chi connectivity index (χ1) is 7.14. The molecule has 5 nitrogen and oxygen atoms in total. The van der Waals surface area contributed by atoms with Crippen LogP contribution in [0, 0.1) is 5.41 Å². The predicted octanol–water partition coefficient (Wildman–Crippen LogP) is -0.448. The molecule has 0 aliphatic carbocycles. The quantitative estimate of drug-likeness (QED) is 0.597. The fraction of sp³-hybridized carbons (Fsp3) is 1.00. The van der Waals surface area contributed by atoms with Crippen LogP contribution in [0.5, 0.6) is 0 Å². The summed E-state index contributed by atoms with van der Waals surface area (Å²) in [6.45, 7) is 4.41.